The first kappa shape index (κ1) is 35.2. The molecule has 0 aliphatic carbocycles. The molecule has 0 N–H and O–H groups in total. The topological polar surface area (TPSA) is 8.17 Å². The molecule has 2 aromatic heterocycles. The largest absolute Gasteiger partial charge is 0.309 e. The Morgan fingerprint density at radius 3 is 1.64 bits per heavy atom. The summed E-state index contributed by atoms with van der Waals surface area (Å²) in [5, 5.41) is 7.66. The quantitative estimate of drug-likeness (QED) is 0.156. The zero-order chi connectivity index (χ0) is 40.3. The smallest absolute Gasteiger partial charge is 0.0640 e. The van der Waals surface area contributed by atoms with E-state index in [9.17, 15) is 0 Å². The number of benzene rings is 10. The number of fused-ring (bicyclic) bond motifs is 8. The fourth-order valence-electron chi connectivity index (χ4n) is 9.31. The van der Waals surface area contributed by atoms with Gasteiger partial charge in [-0.3, -0.25) is 0 Å². The second kappa shape index (κ2) is 14.5. The first-order chi connectivity index (χ1) is 30.3. The molecule has 0 amide bonds. The Hall–Kier alpha value is -7.72. The molecule has 0 fully saturated rings. The van der Waals surface area contributed by atoms with Crippen molar-refractivity contribution in [1.29, 1.82) is 0 Å². The minimum Gasteiger partial charge on any atom is -0.309 e. The molecule has 0 saturated carbocycles. The van der Waals surface area contributed by atoms with E-state index >= 15 is 0 Å². The van der Waals surface area contributed by atoms with Crippen molar-refractivity contribution < 1.29 is 0 Å². The van der Waals surface area contributed by atoms with Crippen molar-refractivity contribution in [2.75, 3.05) is 4.90 Å². The van der Waals surface area contributed by atoms with Crippen LogP contribution in [0.15, 0.2) is 231 Å². The van der Waals surface area contributed by atoms with Gasteiger partial charge in [0.05, 0.1) is 27.1 Å². The van der Waals surface area contributed by atoms with E-state index in [2.05, 4.69) is 240 Å². The summed E-state index contributed by atoms with van der Waals surface area (Å²) in [5.41, 5.74) is 14.0. The van der Waals surface area contributed by atoms with E-state index in [1.807, 2.05) is 11.3 Å². The van der Waals surface area contributed by atoms with Crippen molar-refractivity contribution >= 4 is 81.1 Å². The van der Waals surface area contributed by atoms with Gasteiger partial charge in [0.1, 0.15) is 0 Å². The van der Waals surface area contributed by atoms with Crippen molar-refractivity contribution in [3.63, 3.8) is 0 Å². The highest BCUT2D eigenvalue weighted by Gasteiger charge is 2.22. The fourth-order valence-corrected chi connectivity index (χ4v) is 10.7. The van der Waals surface area contributed by atoms with Crippen LogP contribution in [0, 0.1) is 0 Å². The molecular formula is C58H38N2S. The standard InChI is InChI=1S/C58H38N2S/c1-3-15-39(16-4-1)44-32-36-55(52(38-44)41-17-5-2-6-18-41)59(56-28-14-25-50-51-35-31-42-19-7-8-22-47(42)57(51)61-58(50)56)45-33-29-40(30-34-45)43-20-13-21-46(37-43)60-53-26-11-9-23-48(53)49-24-10-12-27-54(49)60/h1-38H. The van der Waals surface area contributed by atoms with E-state index in [0.717, 1.165) is 22.7 Å². The van der Waals surface area contributed by atoms with Gasteiger partial charge in [0, 0.05) is 43.2 Å². The molecule has 0 radical (unpaired) electrons. The zero-order valence-electron chi connectivity index (χ0n) is 33.2. The summed E-state index contributed by atoms with van der Waals surface area (Å²) in [6.07, 6.45) is 0. The lowest BCUT2D eigenvalue weighted by atomic mass is 9.96. The minimum absolute atomic E-state index is 1.10. The first-order valence-corrected chi connectivity index (χ1v) is 21.7. The number of hydrogen-bond donors (Lipinski definition) is 0. The van der Waals surface area contributed by atoms with Crippen LogP contribution in [0.1, 0.15) is 0 Å². The average molecular weight is 795 g/mol. The molecule has 286 valence electrons. The number of para-hydroxylation sites is 2. The van der Waals surface area contributed by atoms with Crippen molar-refractivity contribution in [3.05, 3.63) is 231 Å². The monoisotopic (exact) mass is 794 g/mol. The van der Waals surface area contributed by atoms with E-state index in [1.165, 1.54) is 86.1 Å². The Kier molecular flexibility index (Phi) is 8.39. The second-order valence-corrected chi connectivity index (χ2v) is 16.7. The van der Waals surface area contributed by atoms with Crippen LogP contribution in [-0.2, 0) is 0 Å². The van der Waals surface area contributed by atoms with Crippen LogP contribution in [0.4, 0.5) is 17.1 Å². The summed E-state index contributed by atoms with van der Waals surface area (Å²) in [5.74, 6) is 0. The summed E-state index contributed by atoms with van der Waals surface area (Å²) in [4.78, 5) is 2.48. The van der Waals surface area contributed by atoms with Gasteiger partial charge in [-0.15, -0.1) is 11.3 Å². The summed E-state index contributed by atoms with van der Waals surface area (Å²) < 4.78 is 4.98. The summed E-state index contributed by atoms with van der Waals surface area (Å²) in [7, 11) is 0. The number of aromatic nitrogens is 1. The highest BCUT2D eigenvalue weighted by atomic mass is 32.1. The predicted octanol–water partition coefficient (Wildman–Crippen LogP) is 16.8. The molecule has 0 aliphatic heterocycles. The number of hydrogen-bond acceptors (Lipinski definition) is 2. The predicted molar refractivity (Wildman–Crippen MR) is 262 cm³/mol. The van der Waals surface area contributed by atoms with E-state index < -0.39 is 0 Å². The van der Waals surface area contributed by atoms with Crippen LogP contribution in [0.25, 0.3) is 91.8 Å². The first-order valence-electron chi connectivity index (χ1n) is 20.8. The van der Waals surface area contributed by atoms with Gasteiger partial charge in [-0.05, 0) is 93.2 Å². The summed E-state index contributed by atoms with van der Waals surface area (Å²) in [6, 6.07) is 84.1. The van der Waals surface area contributed by atoms with Crippen LogP contribution in [0.5, 0.6) is 0 Å². The van der Waals surface area contributed by atoms with Gasteiger partial charge in [-0.1, -0.05) is 176 Å². The van der Waals surface area contributed by atoms with Crippen molar-refractivity contribution in [3.8, 4) is 39.1 Å². The van der Waals surface area contributed by atoms with Gasteiger partial charge in [-0.25, -0.2) is 0 Å². The zero-order valence-corrected chi connectivity index (χ0v) is 34.1. The molecule has 3 heteroatoms. The third-order valence-electron chi connectivity index (χ3n) is 12.2. The molecule has 0 atom stereocenters. The lowest BCUT2D eigenvalue weighted by Crippen LogP contribution is -2.11. The molecule has 0 aliphatic rings. The van der Waals surface area contributed by atoms with Gasteiger partial charge in [-0.2, -0.15) is 0 Å². The van der Waals surface area contributed by atoms with E-state index in [-0.39, 0.29) is 0 Å². The molecule has 12 aromatic rings. The molecule has 2 nitrogen and oxygen atoms in total. The second-order valence-electron chi connectivity index (χ2n) is 15.7. The van der Waals surface area contributed by atoms with Gasteiger partial charge >= 0.3 is 0 Å². The molecular weight excluding hydrogens is 757 g/mol. The minimum atomic E-state index is 1.10. The van der Waals surface area contributed by atoms with Gasteiger partial charge in [0.25, 0.3) is 0 Å². The number of thiophene rings is 1. The Morgan fingerprint density at radius 1 is 0.328 bits per heavy atom. The number of anilines is 3. The average Bonchev–Trinajstić information content (AvgIpc) is 3.90. The third-order valence-corrected chi connectivity index (χ3v) is 13.5. The maximum Gasteiger partial charge on any atom is 0.0640 e. The molecule has 0 unspecified atom stereocenters. The van der Waals surface area contributed by atoms with E-state index in [0.29, 0.717) is 0 Å². The molecule has 10 aromatic carbocycles. The molecule has 0 saturated heterocycles. The van der Waals surface area contributed by atoms with Crippen LogP contribution in [0.3, 0.4) is 0 Å². The fraction of sp³-hybridized carbons (Fsp3) is 0. The van der Waals surface area contributed by atoms with Crippen LogP contribution in [-0.4, -0.2) is 4.57 Å². The maximum atomic E-state index is 2.48. The molecule has 0 bridgehead atoms. The van der Waals surface area contributed by atoms with Crippen LogP contribution >= 0.6 is 11.3 Å². The van der Waals surface area contributed by atoms with Crippen LogP contribution in [0.2, 0.25) is 0 Å². The number of rotatable bonds is 7. The highest BCUT2D eigenvalue weighted by Crippen LogP contribution is 2.49. The summed E-state index contributed by atoms with van der Waals surface area (Å²) in [6.45, 7) is 0. The van der Waals surface area contributed by atoms with E-state index in [4.69, 9.17) is 0 Å². The molecule has 0 spiro atoms. The molecule has 2 heterocycles. The van der Waals surface area contributed by atoms with Gasteiger partial charge < -0.3 is 9.47 Å². The van der Waals surface area contributed by atoms with Gasteiger partial charge in [0.15, 0.2) is 0 Å². The molecule has 12 rings (SSSR count). The Morgan fingerprint density at radius 2 is 0.885 bits per heavy atom. The van der Waals surface area contributed by atoms with E-state index in [1.54, 1.807) is 0 Å². The third kappa shape index (κ3) is 5.93. The highest BCUT2D eigenvalue weighted by molar-refractivity contribution is 7.27. The molecule has 61 heavy (non-hydrogen) atoms. The number of nitrogens with zero attached hydrogens (tertiary/aromatic N) is 2. The Labute approximate surface area is 358 Å². The summed E-state index contributed by atoms with van der Waals surface area (Å²) >= 11 is 1.89. The van der Waals surface area contributed by atoms with Crippen molar-refractivity contribution in [2.45, 2.75) is 0 Å². The Balaban J connectivity index is 1.05. The maximum absolute atomic E-state index is 2.48. The normalized spacial score (nSPS) is 11.6. The van der Waals surface area contributed by atoms with Crippen molar-refractivity contribution in [1.82, 2.24) is 4.57 Å². The van der Waals surface area contributed by atoms with Gasteiger partial charge in [0.2, 0.25) is 0 Å². The van der Waals surface area contributed by atoms with Crippen LogP contribution < -0.4 is 4.90 Å². The SMILES string of the molecule is c1ccc(-c2ccc(N(c3ccc(-c4cccc(-n5c6ccccc6c6ccccc65)c4)cc3)c3cccc4c3sc3c5ccccc5ccc43)c(-c3ccccc3)c2)cc1. The Bertz CT molecular complexity index is 3530. The lowest BCUT2D eigenvalue weighted by molar-refractivity contribution is 1.18. The van der Waals surface area contributed by atoms with Crippen molar-refractivity contribution in [2.24, 2.45) is 0 Å². The lowest BCUT2D eigenvalue weighted by Gasteiger charge is -2.29.